The van der Waals surface area contributed by atoms with E-state index in [1.54, 1.807) is 37.4 Å². The quantitative estimate of drug-likeness (QED) is 0.663. The van der Waals surface area contributed by atoms with E-state index in [4.69, 9.17) is 9.15 Å². The van der Waals surface area contributed by atoms with E-state index >= 15 is 0 Å². The number of ether oxygens (including phenoxy) is 1. The number of methoxy groups -OCH3 is 1. The van der Waals surface area contributed by atoms with Gasteiger partial charge < -0.3 is 9.15 Å². The molecule has 0 radical (unpaired) electrons. The number of Topliss-reactive ketones (excluding diaryl/α,β-unsaturated/α-hetero) is 1. The second-order valence-corrected chi connectivity index (χ2v) is 5.84. The number of rotatable bonds is 5. The van der Waals surface area contributed by atoms with Crippen molar-refractivity contribution in [3.63, 3.8) is 0 Å². The maximum absolute atomic E-state index is 13.0. The van der Waals surface area contributed by atoms with Crippen LogP contribution >= 0.6 is 0 Å². The van der Waals surface area contributed by atoms with E-state index in [2.05, 4.69) is 0 Å². The maximum atomic E-state index is 13.0. The van der Waals surface area contributed by atoms with Crippen LogP contribution < -0.4 is 4.74 Å². The zero-order chi connectivity index (χ0) is 17.3. The molecule has 1 heterocycles. The van der Waals surface area contributed by atoms with E-state index in [-0.39, 0.29) is 18.0 Å². The Morgan fingerprint density at radius 1 is 1.08 bits per heavy atom. The molecule has 3 aromatic rings. The number of hydrogen-bond donors (Lipinski definition) is 0. The van der Waals surface area contributed by atoms with Crippen molar-refractivity contribution >= 4 is 22.5 Å². The Morgan fingerprint density at radius 2 is 1.79 bits per heavy atom. The van der Waals surface area contributed by atoms with E-state index < -0.39 is 0 Å². The smallest absolute Gasteiger partial charge is 0.197 e. The number of furan rings is 1. The average Bonchev–Trinajstić information content (AvgIpc) is 2.90. The SMILES string of the molecule is COc1ccc2oc(CC(C)=O)c(C(=O)c3ccc(C)cc3)c2c1. The summed E-state index contributed by atoms with van der Waals surface area (Å²) in [6.45, 7) is 3.45. The molecule has 0 unspecified atom stereocenters. The highest BCUT2D eigenvalue weighted by Gasteiger charge is 2.23. The van der Waals surface area contributed by atoms with Crippen LogP contribution in [0.4, 0.5) is 0 Å². The maximum Gasteiger partial charge on any atom is 0.197 e. The van der Waals surface area contributed by atoms with Crippen LogP contribution in [0.3, 0.4) is 0 Å². The molecule has 0 saturated carbocycles. The summed E-state index contributed by atoms with van der Waals surface area (Å²) in [5.41, 5.74) is 2.65. The van der Waals surface area contributed by atoms with Gasteiger partial charge in [-0.05, 0) is 32.0 Å². The second kappa shape index (κ2) is 6.32. The van der Waals surface area contributed by atoms with Crippen molar-refractivity contribution in [1.29, 1.82) is 0 Å². The third kappa shape index (κ3) is 2.95. The Morgan fingerprint density at radius 3 is 2.42 bits per heavy atom. The second-order valence-electron chi connectivity index (χ2n) is 5.84. The molecule has 1 aromatic heterocycles. The van der Waals surface area contributed by atoms with Gasteiger partial charge in [0, 0.05) is 10.9 Å². The molecule has 0 N–H and O–H groups in total. The number of benzene rings is 2. The van der Waals surface area contributed by atoms with Gasteiger partial charge in [-0.25, -0.2) is 0 Å². The summed E-state index contributed by atoms with van der Waals surface area (Å²) in [6.07, 6.45) is 0.0872. The predicted octanol–water partition coefficient (Wildman–Crippen LogP) is 4.11. The van der Waals surface area contributed by atoms with E-state index in [0.717, 1.165) is 5.56 Å². The lowest BCUT2D eigenvalue weighted by Crippen LogP contribution is -2.06. The summed E-state index contributed by atoms with van der Waals surface area (Å²) in [4.78, 5) is 24.6. The van der Waals surface area contributed by atoms with Crippen molar-refractivity contribution in [1.82, 2.24) is 0 Å². The molecule has 0 aliphatic carbocycles. The highest BCUT2D eigenvalue weighted by Crippen LogP contribution is 2.31. The Labute approximate surface area is 140 Å². The minimum absolute atomic E-state index is 0.0565. The zero-order valence-corrected chi connectivity index (χ0v) is 13.9. The first-order valence-electron chi connectivity index (χ1n) is 7.70. The molecule has 0 saturated heterocycles. The largest absolute Gasteiger partial charge is 0.497 e. The van der Waals surface area contributed by atoms with Crippen LogP contribution in [0.5, 0.6) is 5.75 Å². The van der Waals surface area contributed by atoms with Gasteiger partial charge in [0.25, 0.3) is 0 Å². The number of aryl methyl sites for hydroxylation is 1. The Balaban J connectivity index is 2.20. The van der Waals surface area contributed by atoms with Crippen molar-refractivity contribution in [3.05, 3.63) is 64.9 Å². The molecule has 0 aliphatic rings. The molecule has 0 bridgehead atoms. The lowest BCUT2D eigenvalue weighted by atomic mass is 9.98. The number of fused-ring (bicyclic) bond motifs is 1. The van der Waals surface area contributed by atoms with Crippen LogP contribution in [0.2, 0.25) is 0 Å². The topological polar surface area (TPSA) is 56.5 Å². The molecule has 4 nitrogen and oxygen atoms in total. The van der Waals surface area contributed by atoms with Gasteiger partial charge in [-0.3, -0.25) is 9.59 Å². The van der Waals surface area contributed by atoms with Crippen molar-refractivity contribution in [2.24, 2.45) is 0 Å². The first kappa shape index (κ1) is 16.0. The molecule has 122 valence electrons. The van der Waals surface area contributed by atoms with Crippen LogP contribution in [0, 0.1) is 6.92 Å². The van der Waals surface area contributed by atoms with Crippen LogP contribution in [0.1, 0.15) is 34.2 Å². The van der Waals surface area contributed by atoms with Gasteiger partial charge in [0.05, 0.1) is 19.1 Å². The fraction of sp³-hybridized carbons (Fsp3) is 0.200. The molecular weight excluding hydrogens is 304 g/mol. The van der Waals surface area contributed by atoms with Crippen LogP contribution in [-0.2, 0) is 11.2 Å². The molecule has 2 aromatic carbocycles. The van der Waals surface area contributed by atoms with E-state index in [1.807, 2.05) is 19.1 Å². The summed E-state index contributed by atoms with van der Waals surface area (Å²) in [5.74, 6) is 0.823. The minimum atomic E-state index is -0.154. The summed E-state index contributed by atoms with van der Waals surface area (Å²) >= 11 is 0. The van der Waals surface area contributed by atoms with E-state index in [9.17, 15) is 9.59 Å². The Kier molecular flexibility index (Phi) is 4.21. The lowest BCUT2D eigenvalue weighted by molar-refractivity contribution is -0.116. The van der Waals surface area contributed by atoms with Gasteiger partial charge in [-0.1, -0.05) is 29.8 Å². The van der Waals surface area contributed by atoms with Gasteiger partial charge in [0.1, 0.15) is 22.9 Å². The molecule has 0 spiro atoms. The summed E-state index contributed by atoms with van der Waals surface area (Å²) in [7, 11) is 1.57. The fourth-order valence-electron chi connectivity index (χ4n) is 2.70. The van der Waals surface area contributed by atoms with Gasteiger partial charge in [-0.15, -0.1) is 0 Å². The molecule has 0 aliphatic heterocycles. The predicted molar refractivity (Wildman–Crippen MR) is 91.8 cm³/mol. The van der Waals surface area contributed by atoms with E-state index in [1.165, 1.54) is 6.92 Å². The average molecular weight is 322 g/mol. The standard InChI is InChI=1S/C20H18O4/c1-12-4-6-14(7-5-12)20(22)19-16-11-15(23-3)8-9-17(16)24-18(19)10-13(2)21/h4-9,11H,10H2,1-3H3. The molecule has 0 amide bonds. The first-order chi connectivity index (χ1) is 11.5. The summed E-state index contributed by atoms with van der Waals surface area (Å²) < 4.78 is 11.0. The highest BCUT2D eigenvalue weighted by molar-refractivity contribution is 6.17. The van der Waals surface area contributed by atoms with Crippen molar-refractivity contribution in [2.75, 3.05) is 7.11 Å². The van der Waals surface area contributed by atoms with Crippen LogP contribution in [0.25, 0.3) is 11.0 Å². The molecule has 0 atom stereocenters. The molecule has 3 rings (SSSR count). The number of carbonyl (C=O) groups is 2. The summed E-state index contributed by atoms with van der Waals surface area (Å²) in [6, 6.07) is 12.6. The number of ketones is 2. The summed E-state index contributed by atoms with van der Waals surface area (Å²) in [5, 5.41) is 0.663. The minimum Gasteiger partial charge on any atom is -0.497 e. The third-order valence-electron chi connectivity index (χ3n) is 3.92. The van der Waals surface area contributed by atoms with Gasteiger partial charge in [-0.2, -0.15) is 0 Å². The zero-order valence-electron chi connectivity index (χ0n) is 13.9. The van der Waals surface area contributed by atoms with E-state index in [0.29, 0.717) is 33.6 Å². The van der Waals surface area contributed by atoms with Gasteiger partial charge >= 0.3 is 0 Å². The van der Waals surface area contributed by atoms with Crippen molar-refractivity contribution in [2.45, 2.75) is 20.3 Å². The van der Waals surface area contributed by atoms with Gasteiger partial charge in [0.15, 0.2) is 5.78 Å². The van der Waals surface area contributed by atoms with Crippen molar-refractivity contribution in [3.8, 4) is 5.75 Å². The normalized spacial score (nSPS) is 10.8. The third-order valence-corrected chi connectivity index (χ3v) is 3.92. The fourth-order valence-corrected chi connectivity index (χ4v) is 2.70. The molecular formula is C20H18O4. The van der Waals surface area contributed by atoms with Crippen LogP contribution in [-0.4, -0.2) is 18.7 Å². The molecule has 0 fully saturated rings. The molecule has 4 heteroatoms. The first-order valence-corrected chi connectivity index (χ1v) is 7.70. The van der Waals surface area contributed by atoms with Crippen LogP contribution in [0.15, 0.2) is 46.9 Å². The highest BCUT2D eigenvalue weighted by atomic mass is 16.5. The Bertz CT molecular complexity index is 917. The van der Waals surface area contributed by atoms with Gasteiger partial charge in [0.2, 0.25) is 0 Å². The molecule has 24 heavy (non-hydrogen) atoms. The Hall–Kier alpha value is -2.88. The number of carbonyl (C=O) groups excluding carboxylic acids is 2. The monoisotopic (exact) mass is 322 g/mol. The lowest BCUT2D eigenvalue weighted by Gasteiger charge is -2.04. The number of hydrogen-bond acceptors (Lipinski definition) is 4. The van der Waals surface area contributed by atoms with Crippen molar-refractivity contribution < 1.29 is 18.7 Å².